The minimum Gasteiger partial charge on any atom is -0.487 e. The number of piperidine rings is 1. The lowest BCUT2D eigenvalue weighted by Crippen LogP contribution is -2.48. The van der Waals surface area contributed by atoms with E-state index >= 15 is 0 Å². The van der Waals surface area contributed by atoms with Gasteiger partial charge < -0.3 is 19.4 Å². The van der Waals surface area contributed by atoms with Crippen molar-refractivity contribution in [1.29, 1.82) is 0 Å². The third-order valence-corrected chi connectivity index (χ3v) is 6.83. The Bertz CT molecular complexity index is 855. The van der Waals surface area contributed by atoms with E-state index in [1.165, 1.54) is 0 Å². The number of nitrogens with zero attached hydrogens (tertiary/aromatic N) is 4. The molecule has 7 nitrogen and oxygen atoms in total. The molecule has 166 valence electrons. The number of piperazine rings is 1. The largest absolute Gasteiger partial charge is 0.487 e. The van der Waals surface area contributed by atoms with Gasteiger partial charge in [-0.05, 0) is 50.1 Å². The maximum Gasteiger partial charge on any atom is 0.253 e. The second kappa shape index (κ2) is 10.2. The van der Waals surface area contributed by atoms with Crippen molar-refractivity contribution in [2.45, 2.75) is 25.9 Å². The van der Waals surface area contributed by atoms with Gasteiger partial charge in [0.1, 0.15) is 12.4 Å². The number of likely N-dealkylation sites (N-methyl/N-ethyl adjacent to an activating group) is 1. The lowest BCUT2D eigenvalue weighted by molar-refractivity contribution is -0.134. The third kappa shape index (κ3) is 5.83. The molecule has 1 aromatic carbocycles. The highest BCUT2D eigenvalue weighted by atomic mass is 32.1. The molecule has 2 amide bonds. The maximum absolute atomic E-state index is 12.9. The topological polar surface area (TPSA) is 66.0 Å². The monoisotopic (exact) mass is 442 g/mol. The van der Waals surface area contributed by atoms with Crippen LogP contribution < -0.4 is 4.74 Å². The van der Waals surface area contributed by atoms with E-state index in [1.807, 2.05) is 39.4 Å². The third-order valence-electron chi connectivity index (χ3n) is 6.19. The van der Waals surface area contributed by atoms with Gasteiger partial charge in [-0.3, -0.25) is 9.59 Å². The minimum absolute atomic E-state index is 0.0508. The molecule has 0 atom stereocenters. The summed E-state index contributed by atoms with van der Waals surface area (Å²) in [6.45, 7) is 5.41. The Morgan fingerprint density at radius 3 is 2.39 bits per heavy atom. The van der Waals surface area contributed by atoms with Crippen LogP contribution in [0.4, 0.5) is 0 Å². The average Bonchev–Trinajstić information content (AvgIpc) is 3.32. The molecule has 8 heteroatoms. The first-order chi connectivity index (χ1) is 15.1. The van der Waals surface area contributed by atoms with Gasteiger partial charge in [0, 0.05) is 56.6 Å². The van der Waals surface area contributed by atoms with Crippen molar-refractivity contribution in [3.8, 4) is 5.75 Å². The normalized spacial score (nSPS) is 18.2. The van der Waals surface area contributed by atoms with Gasteiger partial charge in [-0.15, -0.1) is 11.3 Å². The fourth-order valence-corrected chi connectivity index (χ4v) is 4.66. The zero-order valence-corrected chi connectivity index (χ0v) is 18.9. The molecule has 0 radical (unpaired) electrons. The predicted octanol–water partition coefficient (Wildman–Crippen LogP) is 2.74. The molecule has 1 aromatic heterocycles. The first kappa shape index (κ1) is 21.8. The number of carbonyl (C=O) groups is 2. The summed E-state index contributed by atoms with van der Waals surface area (Å²) in [5.74, 6) is 1.42. The van der Waals surface area contributed by atoms with Crippen LogP contribution in [0.25, 0.3) is 0 Å². The summed E-state index contributed by atoms with van der Waals surface area (Å²) in [7, 11) is 2.09. The molecule has 2 aliphatic heterocycles. The van der Waals surface area contributed by atoms with Crippen molar-refractivity contribution in [1.82, 2.24) is 19.7 Å². The number of benzene rings is 1. The van der Waals surface area contributed by atoms with Crippen LogP contribution in [-0.4, -0.2) is 77.8 Å². The quantitative estimate of drug-likeness (QED) is 0.688. The van der Waals surface area contributed by atoms with Crippen molar-refractivity contribution in [3.05, 3.63) is 46.4 Å². The fourth-order valence-electron chi connectivity index (χ4n) is 4.11. The van der Waals surface area contributed by atoms with E-state index in [4.69, 9.17) is 4.74 Å². The second-order valence-electron chi connectivity index (χ2n) is 8.42. The van der Waals surface area contributed by atoms with Gasteiger partial charge in [-0.25, -0.2) is 4.98 Å². The molecule has 2 fully saturated rings. The van der Waals surface area contributed by atoms with Crippen LogP contribution >= 0.6 is 11.3 Å². The highest BCUT2D eigenvalue weighted by molar-refractivity contribution is 7.07. The summed E-state index contributed by atoms with van der Waals surface area (Å²) in [5, 5.41) is 1.96. The van der Waals surface area contributed by atoms with E-state index in [0.717, 1.165) is 50.5 Å². The molecule has 3 heterocycles. The Balaban J connectivity index is 1.22. The van der Waals surface area contributed by atoms with Crippen molar-refractivity contribution in [2.75, 3.05) is 46.3 Å². The highest BCUT2D eigenvalue weighted by Crippen LogP contribution is 2.24. The standard InChI is InChI=1S/C23H30N4O3S/c1-25-10-12-26(13-11-25)22(28)14-18-6-8-27(9-7-18)23(29)19-2-4-21(5-3-19)30-15-20-16-31-17-24-20/h2-5,16-18H,6-15H2,1H3. The van der Waals surface area contributed by atoms with Crippen LogP contribution in [0.2, 0.25) is 0 Å². The molecule has 0 N–H and O–H groups in total. The first-order valence-corrected chi connectivity index (χ1v) is 11.9. The Kier molecular flexibility index (Phi) is 7.19. The Hall–Kier alpha value is -2.45. The second-order valence-corrected chi connectivity index (χ2v) is 9.14. The predicted molar refractivity (Wildman–Crippen MR) is 120 cm³/mol. The number of hydrogen-bond donors (Lipinski definition) is 0. The van der Waals surface area contributed by atoms with E-state index in [2.05, 4.69) is 16.9 Å². The Morgan fingerprint density at radius 1 is 1.03 bits per heavy atom. The van der Waals surface area contributed by atoms with E-state index in [1.54, 1.807) is 16.8 Å². The van der Waals surface area contributed by atoms with Crippen molar-refractivity contribution >= 4 is 23.2 Å². The molecular formula is C23H30N4O3S. The van der Waals surface area contributed by atoms with Crippen LogP contribution in [0.15, 0.2) is 35.2 Å². The van der Waals surface area contributed by atoms with Gasteiger partial charge in [-0.2, -0.15) is 0 Å². The molecule has 0 bridgehead atoms. The van der Waals surface area contributed by atoms with E-state index in [0.29, 0.717) is 37.6 Å². The van der Waals surface area contributed by atoms with Gasteiger partial charge in [0.2, 0.25) is 5.91 Å². The summed E-state index contributed by atoms with van der Waals surface area (Å²) in [6.07, 6.45) is 2.39. The molecule has 2 aromatic rings. The molecule has 0 aliphatic carbocycles. The molecule has 0 saturated carbocycles. The van der Waals surface area contributed by atoms with E-state index in [9.17, 15) is 9.59 Å². The van der Waals surface area contributed by atoms with Crippen LogP contribution in [0, 0.1) is 5.92 Å². The summed E-state index contributed by atoms with van der Waals surface area (Å²) >= 11 is 1.54. The number of amides is 2. The van der Waals surface area contributed by atoms with Gasteiger partial charge in [0.15, 0.2) is 0 Å². The number of carbonyl (C=O) groups excluding carboxylic acids is 2. The van der Waals surface area contributed by atoms with Crippen molar-refractivity contribution < 1.29 is 14.3 Å². The number of likely N-dealkylation sites (tertiary alicyclic amines) is 1. The molecule has 4 rings (SSSR count). The Labute approximate surface area is 187 Å². The molecular weight excluding hydrogens is 412 g/mol. The molecule has 0 unspecified atom stereocenters. The number of hydrogen-bond acceptors (Lipinski definition) is 6. The number of thiazole rings is 1. The van der Waals surface area contributed by atoms with E-state index < -0.39 is 0 Å². The molecule has 2 aliphatic rings. The number of ether oxygens (including phenoxy) is 1. The molecule has 2 saturated heterocycles. The zero-order chi connectivity index (χ0) is 21.6. The first-order valence-electron chi connectivity index (χ1n) is 10.9. The van der Waals surface area contributed by atoms with Crippen LogP contribution in [0.5, 0.6) is 5.75 Å². The van der Waals surface area contributed by atoms with Gasteiger partial charge in [-0.1, -0.05) is 0 Å². The van der Waals surface area contributed by atoms with Gasteiger partial charge >= 0.3 is 0 Å². The number of aromatic nitrogens is 1. The van der Waals surface area contributed by atoms with Crippen LogP contribution in [0.3, 0.4) is 0 Å². The van der Waals surface area contributed by atoms with Crippen molar-refractivity contribution in [2.24, 2.45) is 5.92 Å². The fraction of sp³-hybridized carbons (Fsp3) is 0.522. The minimum atomic E-state index is 0.0508. The Morgan fingerprint density at radius 2 is 1.74 bits per heavy atom. The summed E-state index contributed by atoms with van der Waals surface area (Å²) < 4.78 is 5.72. The SMILES string of the molecule is CN1CCN(C(=O)CC2CCN(C(=O)c3ccc(OCc4cscn4)cc3)CC2)CC1. The lowest BCUT2D eigenvalue weighted by Gasteiger charge is -2.35. The number of rotatable bonds is 6. The van der Waals surface area contributed by atoms with Gasteiger partial charge in [0.25, 0.3) is 5.91 Å². The zero-order valence-electron chi connectivity index (χ0n) is 18.0. The lowest BCUT2D eigenvalue weighted by atomic mass is 9.92. The highest BCUT2D eigenvalue weighted by Gasteiger charge is 2.27. The summed E-state index contributed by atoms with van der Waals surface area (Å²) in [5.41, 5.74) is 3.36. The van der Waals surface area contributed by atoms with Crippen molar-refractivity contribution in [3.63, 3.8) is 0 Å². The molecule has 0 spiro atoms. The smallest absolute Gasteiger partial charge is 0.253 e. The average molecular weight is 443 g/mol. The summed E-state index contributed by atoms with van der Waals surface area (Å²) in [6, 6.07) is 7.31. The summed E-state index contributed by atoms with van der Waals surface area (Å²) in [4.78, 5) is 35.8. The molecule has 31 heavy (non-hydrogen) atoms. The van der Waals surface area contributed by atoms with E-state index in [-0.39, 0.29) is 11.8 Å². The van der Waals surface area contributed by atoms with Crippen LogP contribution in [-0.2, 0) is 11.4 Å². The van der Waals surface area contributed by atoms with Crippen LogP contribution in [0.1, 0.15) is 35.3 Å². The van der Waals surface area contributed by atoms with Gasteiger partial charge in [0.05, 0.1) is 11.2 Å². The maximum atomic E-state index is 12.9.